The zero-order chi connectivity index (χ0) is 22.5. The van der Waals surface area contributed by atoms with Gasteiger partial charge in [-0.3, -0.25) is 9.59 Å². The second-order valence-corrected chi connectivity index (χ2v) is 8.71. The van der Waals surface area contributed by atoms with Crippen molar-refractivity contribution in [3.05, 3.63) is 36.0 Å². The van der Waals surface area contributed by atoms with Crippen LogP contribution in [-0.4, -0.2) is 33.9 Å². The molecule has 0 saturated carbocycles. The van der Waals surface area contributed by atoms with E-state index in [0.29, 0.717) is 12.1 Å². The molecule has 1 heterocycles. The molecule has 2 rings (SSSR count). The summed E-state index contributed by atoms with van der Waals surface area (Å²) < 4.78 is 0. The lowest BCUT2D eigenvalue weighted by Gasteiger charge is -2.20. The summed E-state index contributed by atoms with van der Waals surface area (Å²) in [6.07, 6.45) is 12.9. The lowest BCUT2D eigenvalue weighted by Crippen LogP contribution is -2.47. The summed E-state index contributed by atoms with van der Waals surface area (Å²) in [5.74, 6) is -0.468. The van der Waals surface area contributed by atoms with Crippen molar-refractivity contribution < 1.29 is 14.7 Å². The molecule has 1 aromatic heterocycles. The predicted molar refractivity (Wildman–Crippen MR) is 127 cm³/mol. The summed E-state index contributed by atoms with van der Waals surface area (Å²) in [7, 11) is 0. The van der Waals surface area contributed by atoms with Crippen molar-refractivity contribution >= 4 is 22.6 Å². The maximum Gasteiger partial charge on any atom is 0.268 e. The van der Waals surface area contributed by atoms with E-state index in [1.807, 2.05) is 24.3 Å². The van der Waals surface area contributed by atoms with Crippen LogP contribution < -0.4 is 5.32 Å². The number of para-hydroxylation sites is 1. The molecule has 2 atom stereocenters. The molecule has 5 nitrogen and oxygen atoms in total. The van der Waals surface area contributed by atoms with Gasteiger partial charge in [-0.05, 0) is 25.5 Å². The first-order chi connectivity index (χ1) is 15.0. The van der Waals surface area contributed by atoms with Gasteiger partial charge in [0, 0.05) is 17.3 Å². The van der Waals surface area contributed by atoms with Crippen LogP contribution in [0.4, 0.5) is 0 Å². The fraction of sp³-hybridized carbons (Fsp3) is 0.615. The molecule has 0 spiro atoms. The number of unbranched alkanes of at least 4 members (excludes halogenated alkanes) is 10. The number of aromatic nitrogens is 1. The molecule has 0 fully saturated rings. The zero-order valence-corrected chi connectivity index (χ0v) is 19.3. The van der Waals surface area contributed by atoms with Crippen LogP contribution in [0.25, 0.3) is 10.9 Å². The average Bonchev–Trinajstić information content (AvgIpc) is 3.19. The number of benzene rings is 1. The Balaban J connectivity index is 1.66. The molecule has 0 radical (unpaired) electrons. The van der Waals surface area contributed by atoms with Gasteiger partial charge in [-0.25, -0.2) is 0 Å². The van der Waals surface area contributed by atoms with Crippen molar-refractivity contribution in [3.8, 4) is 0 Å². The molecule has 172 valence electrons. The molecule has 0 unspecified atom stereocenters. The molecule has 2 aromatic rings. The van der Waals surface area contributed by atoms with Gasteiger partial charge < -0.3 is 15.4 Å². The van der Waals surface area contributed by atoms with Crippen LogP contribution in [0.2, 0.25) is 0 Å². The average molecular weight is 429 g/mol. The van der Waals surface area contributed by atoms with Gasteiger partial charge in [0.1, 0.15) is 11.7 Å². The van der Waals surface area contributed by atoms with Crippen LogP contribution in [-0.2, 0) is 4.79 Å². The first-order valence-electron chi connectivity index (χ1n) is 12.1. The quantitative estimate of drug-likeness (QED) is 0.290. The largest absolute Gasteiger partial charge is 0.391 e. The highest BCUT2D eigenvalue weighted by atomic mass is 16.3. The molecule has 3 N–H and O–H groups in total. The second-order valence-electron chi connectivity index (χ2n) is 8.71. The van der Waals surface area contributed by atoms with Gasteiger partial charge in [0.2, 0.25) is 0 Å². The van der Waals surface area contributed by atoms with Gasteiger partial charge in [0.15, 0.2) is 5.78 Å². The summed E-state index contributed by atoms with van der Waals surface area (Å²) in [4.78, 5) is 28.3. The van der Waals surface area contributed by atoms with E-state index in [2.05, 4.69) is 17.2 Å². The smallest absolute Gasteiger partial charge is 0.268 e. The lowest BCUT2D eigenvalue weighted by molar-refractivity contribution is -0.123. The minimum Gasteiger partial charge on any atom is -0.391 e. The summed E-state index contributed by atoms with van der Waals surface area (Å²) in [6, 6.07) is 8.52. The van der Waals surface area contributed by atoms with Crippen LogP contribution in [0.1, 0.15) is 101 Å². The van der Waals surface area contributed by atoms with Gasteiger partial charge in [-0.2, -0.15) is 0 Å². The first kappa shape index (κ1) is 25.1. The van der Waals surface area contributed by atoms with Crippen molar-refractivity contribution in [2.24, 2.45) is 0 Å². The van der Waals surface area contributed by atoms with Crippen molar-refractivity contribution in [2.45, 2.75) is 103 Å². The number of aliphatic hydroxyl groups excluding tert-OH is 1. The summed E-state index contributed by atoms with van der Waals surface area (Å²) in [5, 5.41) is 13.7. The highest BCUT2D eigenvalue weighted by Crippen LogP contribution is 2.16. The molecule has 0 aliphatic rings. The summed E-state index contributed by atoms with van der Waals surface area (Å²) in [5.41, 5.74) is 1.27. The highest BCUT2D eigenvalue weighted by molar-refractivity contribution is 6.00. The maximum atomic E-state index is 12.6. The van der Waals surface area contributed by atoms with E-state index in [4.69, 9.17) is 0 Å². The summed E-state index contributed by atoms with van der Waals surface area (Å²) >= 11 is 0. The normalized spacial score (nSPS) is 13.3. The van der Waals surface area contributed by atoms with Crippen LogP contribution in [0, 0.1) is 0 Å². The Hall–Kier alpha value is -2.14. The fourth-order valence-corrected chi connectivity index (χ4v) is 4.00. The molecule has 0 bridgehead atoms. The number of hydrogen-bond acceptors (Lipinski definition) is 3. The Morgan fingerprint density at radius 2 is 1.52 bits per heavy atom. The number of rotatable bonds is 16. The third-order valence-corrected chi connectivity index (χ3v) is 5.92. The number of hydrogen-bond donors (Lipinski definition) is 3. The van der Waals surface area contributed by atoms with Crippen LogP contribution in [0.3, 0.4) is 0 Å². The van der Waals surface area contributed by atoms with Gasteiger partial charge in [-0.1, -0.05) is 89.3 Å². The minimum absolute atomic E-state index is 0.101. The number of H-pyrrole nitrogens is 1. The van der Waals surface area contributed by atoms with E-state index >= 15 is 0 Å². The Kier molecular flexibility index (Phi) is 11.4. The minimum atomic E-state index is -0.923. The molecular weight excluding hydrogens is 388 g/mol. The Morgan fingerprint density at radius 3 is 2.10 bits per heavy atom. The topological polar surface area (TPSA) is 82.2 Å². The number of carbonyl (C=O) groups excluding carboxylic acids is 2. The zero-order valence-electron chi connectivity index (χ0n) is 19.3. The van der Waals surface area contributed by atoms with Gasteiger partial charge >= 0.3 is 0 Å². The number of aliphatic hydroxyl groups is 1. The first-order valence-corrected chi connectivity index (χ1v) is 12.1. The van der Waals surface area contributed by atoms with E-state index in [1.54, 1.807) is 13.0 Å². The SMILES string of the molecule is CCCCCCCCCCCCCC(=O)[C@@H](NC(=O)c1cc2ccccc2[nH]1)[C@@H](C)O. The number of nitrogens with one attached hydrogen (secondary N) is 2. The monoisotopic (exact) mass is 428 g/mol. The van der Waals surface area contributed by atoms with E-state index < -0.39 is 12.1 Å². The van der Waals surface area contributed by atoms with Crippen molar-refractivity contribution in [3.63, 3.8) is 0 Å². The van der Waals surface area contributed by atoms with E-state index in [0.717, 1.165) is 30.2 Å². The Morgan fingerprint density at radius 1 is 0.935 bits per heavy atom. The van der Waals surface area contributed by atoms with Crippen molar-refractivity contribution in [1.82, 2.24) is 10.3 Å². The number of Topliss-reactive ketones (excluding diaryl/α,β-unsaturated/α-hetero) is 1. The Bertz CT molecular complexity index is 764. The fourth-order valence-electron chi connectivity index (χ4n) is 4.00. The second kappa shape index (κ2) is 14.0. The molecule has 1 amide bonds. The molecule has 31 heavy (non-hydrogen) atoms. The van der Waals surface area contributed by atoms with E-state index in [9.17, 15) is 14.7 Å². The van der Waals surface area contributed by atoms with Gasteiger partial charge in [0.05, 0.1) is 6.10 Å². The van der Waals surface area contributed by atoms with E-state index in [1.165, 1.54) is 51.4 Å². The standard InChI is InChI=1S/C26H40N2O3/c1-3-4-5-6-7-8-9-10-11-12-13-18-24(30)25(20(2)29)28-26(31)23-19-21-16-14-15-17-22(21)27-23/h14-17,19-20,25,27,29H,3-13,18H2,1-2H3,(H,28,31)/t20-,25+/m1/s1. The number of fused-ring (bicyclic) bond motifs is 1. The third kappa shape index (κ3) is 8.86. The third-order valence-electron chi connectivity index (χ3n) is 5.92. The Labute approximate surface area is 187 Å². The number of aromatic amines is 1. The van der Waals surface area contributed by atoms with E-state index in [-0.39, 0.29) is 11.7 Å². The van der Waals surface area contributed by atoms with Crippen LogP contribution in [0.15, 0.2) is 30.3 Å². The predicted octanol–water partition coefficient (Wildman–Crippen LogP) is 5.92. The van der Waals surface area contributed by atoms with Gasteiger partial charge in [0.25, 0.3) is 5.91 Å². The van der Waals surface area contributed by atoms with Crippen molar-refractivity contribution in [1.29, 1.82) is 0 Å². The lowest BCUT2D eigenvalue weighted by atomic mass is 10.00. The molecule has 1 aromatic carbocycles. The molecular formula is C26H40N2O3. The number of amides is 1. The summed E-state index contributed by atoms with van der Waals surface area (Å²) in [6.45, 7) is 3.79. The molecule has 0 aliphatic heterocycles. The highest BCUT2D eigenvalue weighted by Gasteiger charge is 2.26. The van der Waals surface area contributed by atoms with Crippen LogP contribution in [0.5, 0.6) is 0 Å². The number of ketones is 1. The molecule has 0 saturated heterocycles. The maximum absolute atomic E-state index is 12.6. The molecule has 0 aliphatic carbocycles. The van der Waals surface area contributed by atoms with Crippen LogP contribution >= 0.6 is 0 Å². The van der Waals surface area contributed by atoms with Gasteiger partial charge in [-0.15, -0.1) is 0 Å². The molecule has 5 heteroatoms. The van der Waals surface area contributed by atoms with Crippen molar-refractivity contribution in [2.75, 3.05) is 0 Å². The number of carbonyl (C=O) groups is 2.